The molecule has 1 aromatic rings. The zero-order chi connectivity index (χ0) is 12.9. The lowest BCUT2D eigenvalue weighted by Crippen LogP contribution is -2.16. The molecule has 1 heteroatoms. The maximum atomic E-state index is 5.69. The van der Waals surface area contributed by atoms with Crippen molar-refractivity contribution >= 4 is 0 Å². The summed E-state index contributed by atoms with van der Waals surface area (Å²) < 4.78 is 5.69. The first-order valence-corrected chi connectivity index (χ1v) is 7.67. The van der Waals surface area contributed by atoms with Gasteiger partial charge in [0, 0.05) is 12.2 Å². The van der Waals surface area contributed by atoms with E-state index < -0.39 is 0 Å². The Morgan fingerprint density at radius 3 is 2.84 bits per heavy atom. The Balaban J connectivity index is 1.82. The van der Waals surface area contributed by atoms with Crippen LogP contribution in [0.1, 0.15) is 55.2 Å². The van der Waals surface area contributed by atoms with Gasteiger partial charge in [-0.25, -0.2) is 0 Å². The van der Waals surface area contributed by atoms with Crippen molar-refractivity contribution in [3.63, 3.8) is 0 Å². The van der Waals surface area contributed by atoms with Gasteiger partial charge in [-0.3, -0.25) is 0 Å². The van der Waals surface area contributed by atoms with Gasteiger partial charge in [0.15, 0.2) is 0 Å². The fourth-order valence-corrected chi connectivity index (χ4v) is 3.09. The summed E-state index contributed by atoms with van der Waals surface area (Å²) in [5.41, 5.74) is 4.27. The Labute approximate surface area is 116 Å². The van der Waals surface area contributed by atoms with E-state index >= 15 is 0 Å². The van der Waals surface area contributed by atoms with Crippen LogP contribution in [0.4, 0.5) is 0 Å². The Hall–Kier alpha value is -1.26. The lowest BCUT2D eigenvalue weighted by Gasteiger charge is -2.17. The van der Waals surface area contributed by atoms with E-state index in [2.05, 4.69) is 30.0 Å². The fourth-order valence-electron chi connectivity index (χ4n) is 3.09. The van der Waals surface area contributed by atoms with Crippen LogP contribution in [-0.4, -0.2) is 12.7 Å². The van der Waals surface area contributed by atoms with E-state index in [4.69, 9.17) is 4.74 Å². The monoisotopic (exact) mass is 254 g/mol. The third-order valence-corrected chi connectivity index (χ3v) is 4.19. The van der Waals surface area contributed by atoms with E-state index in [1.807, 2.05) is 0 Å². The van der Waals surface area contributed by atoms with E-state index in [1.165, 1.54) is 61.6 Å². The average Bonchev–Trinajstić information content (AvgIpc) is 2.72. The molecule has 19 heavy (non-hydrogen) atoms. The topological polar surface area (TPSA) is 9.23 Å². The van der Waals surface area contributed by atoms with Gasteiger partial charge in [0.2, 0.25) is 0 Å². The molecule has 1 aliphatic heterocycles. The first-order chi connectivity index (χ1) is 9.43. The molecule has 0 bridgehead atoms. The van der Waals surface area contributed by atoms with E-state index in [0.29, 0.717) is 0 Å². The van der Waals surface area contributed by atoms with Crippen molar-refractivity contribution < 1.29 is 4.74 Å². The first-order valence-electron chi connectivity index (χ1n) is 7.67. The van der Waals surface area contributed by atoms with E-state index in [0.717, 1.165) is 13.0 Å². The molecule has 2 aliphatic rings. The van der Waals surface area contributed by atoms with Crippen LogP contribution in [0, 0.1) is 11.8 Å². The van der Waals surface area contributed by atoms with Crippen LogP contribution in [-0.2, 0) is 17.6 Å². The van der Waals surface area contributed by atoms with E-state index in [-0.39, 0.29) is 6.10 Å². The largest absolute Gasteiger partial charge is 0.366 e. The summed E-state index contributed by atoms with van der Waals surface area (Å²) >= 11 is 0. The quantitative estimate of drug-likeness (QED) is 0.504. The van der Waals surface area contributed by atoms with Crippen LogP contribution in [0.5, 0.6) is 0 Å². The molecule has 0 spiro atoms. The first kappa shape index (κ1) is 12.8. The molecule has 1 saturated heterocycles. The third-order valence-electron chi connectivity index (χ3n) is 4.19. The Kier molecular flexibility index (Phi) is 4.20. The highest BCUT2D eigenvalue weighted by Crippen LogP contribution is 2.23. The van der Waals surface area contributed by atoms with Crippen LogP contribution in [0.15, 0.2) is 18.2 Å². The van der Waals surface area contributed by atoms with Crippen molar-refractivity contribution in [1.29, 1.82) is 0 Å². The van der Waals surface area contributed by atoms with Gasteiger partial charge in [-0.15, -0.1) is 0 Å². The molecule has 100 valence electrons. The third kappa shape index (κ3) is 3.19. The normalized spacial score (nSPS) is 22.8. The lowest BCUT2D eigenvalue weighted by atomic mass is 9.97. The predicted octanol–water partition coefficient (Wildman–Crippen LogP) is 3.88. The Morgan fingerprint density at radius 1 is 1.00 bits per heavy atom. The minimum absolute atomic E-state index is 0.162. The number of rotatable bonds is 0. The number of benzene rings is 1. The molecule has 0 saturated carbocycles. The van der Waals surface area contributed by atoms with Gasteiger partial charge in [0.05, 0.1) is 0 Å². The summed E-state index contributed by atoms with van der Waals surface area (Å²) in [6.07, 6.45) is 10.1. The molecule has 0 amide bonds. The van der Waals surface area contributed by atoms with Crippen molar-refractivity contribution in [2.75, 3.05) is 6.61 Å². The molecule has 1 atom stereocenters. The number of ether oxygens (including phenoxy) is 1. The summed E-state index contributed by atoms with van der Waals surface area (Å²) in [6.45, 7) is 0.881. The second kappa shape index (κ2) is 6.26. The highest BCUT2D eigenvalue weighted by atomic mass is 16.5. The van der Waals surface area contributed by atoms with E-state index in [9.17, 15) is 0 Å². The van der Waals surface area contributed by atoms with Crippen molar-refractivity contribution in [3.8, 4) is 11.8 Å². The molecule has 0 aromatic heterocycles. The Bertz CT molecular complexity index is 486. The standard InChI is InChI=1S/C18H22O/c1-2-7-15-8-6-9-16(18(15)11-3-1)12-13-17-10-4-5-14-19-17/h6,8-9,17H,1-5,7,10-11,14H2. The zero-order valence-corrected chi connectivity index (χ0v) is 11.6. The van der Waals surface area contributed by atoms with Crippen molar-refractivity contribution in [1.82, 2.24) is 0 Å². The summed E-state index contributed by atoms with van der Waals surface area (Å²) in [5.74, 6) is 6.73. The molecule has 0 N–H and O–H groups in total. The molecule has 3 rings (SSSR count). The molecular formula is C18H22O. The van der Waals surface area contributed by atoms with Gasteiger partial charge in [-0.05, 0) is 62.1 Å². The number of hydrogen-bond acceptors (Lipinski definition) is 1. The molecular weight excluding hydrogens is 232 g/mol. The van der Waals surface area contributed by atoms with Crippen LogP contribution in [0.25, 0.3) is 0 Å². The smallest absolute Gasteiger partial charge is 0.118 e. The second-order valence-corrected chi connectivity index (χ2v) is 5.63. The average molecular weight is 254 g/mol. The maximum Gasteiger partial charge on any atom is 0.118 e. The van der Waals surface area contributed by atoms with Crippen molar-refractivity contribution in [2.24, 2.45) is 0 Å². The predicted molar refractivity (Wildman–Crippen MR) is 78.2 cm³/mol. The molecule has 1 heterocycles. The van der Waals surface area contributed by atoms with Gasteiger partial charge in [-0.2, -0.15) is 0 Å². The van der Waals surface area contributed by atoms with Crippen LogP contribution >= 0.6 is 0 Å². The summed E-state index contributed by atoms with van der Waals surface area (Å²) in [4.78, 5) is 0. The second-order valence-electron chi connectivity index (χ2n) is 5.63. The SMILES string of the molecule is C(#CC1CCCCO1)c1cccc2c1CCCCC2. The molecule has 0 radical (unpaired) electrons. The highest BCUT2D eigenvalue weighted by molar-refractivity contribution is 5.46. The Morgan fingerprint density at radius 2 is 1.95 bits per heavy atom. The molecule has 1 fully saturated rings. The van der Waals surface area contributed by atoms with E-state index in [1.54, 1.807) is 0 Å². The zero-order valence-electron chi connectivity index (χ0n) is 11.6. The van der Waals surface area contributed by atoms with Crippen molar-refractivity contribution in [2.45, 2.75) is 57.5 Å². The summed E-state index contributed by atoms with van der Waals surface area (Å²) in [6, 6.07) is 6.62. The highest BCUT2D eigenvalue weighted by Gasteiger charge is 2.12. The van der Waals surface area contributed by atoms with Crippen molar-refractivity contribution in [3.05, 3.63) is 34.9 Å². The minimum atomic E-state index is 0.162. The molecule has 1 unspecified atom stereocenters. The number of hydrogen-bond donors (Lipinski definition) is 0. The minimum Gasteiger partial charge on any atom is -0.366 e. The van der Waals surface area contributed by atoms with Crippen LogP contribution < -0.4 is 0 Å². The van der Waals surface area contributed by atoms with Gasteiger partial charge in [-0.1, -0.05) is 30.4 Å². The van der Waals surface area contributed by atoms with Crippen LogP contribution in [0.3, 0.4) is 0 Å². The maximum absolute atomic E-state index is 5.69. The van der Waals surface area contributed by atoms with Gasteiger partial charge in [0.25, 0.3) is 0 Å². The van der Waals surface area contributed by atoms with Crippen LogP contribution in [0.2, 0.25) is 0 Å². The summed E-state index contributed by atoms with van der Waals surface area (Å²) in [5, 5.41) is 0. The van der Waals surface area contributed by atoms with Gasteiger partial charge in [0.1, 0.15) is 6.10 Å². The fraction of sp³-hybridized carbons (Fsp3) is 0.556. The molecule has 1 aliphatic carbocycles. The number of fused-ring (bicyclic) bond motifs is 1. The lowest BCUT2D eigenvalue weighted by molar-refractivity contribution is 0.0526. The summed E-state index contributed by atoms with van der Waals surface area (Å²) in [7, 11) is 0. The van der Waals surface area contributed by atoms with Gasteiger partial charge >= 0.3 is 0 Å². The molecule has 1 nitrogen and oxygen atoms in total. The van der Waals surface area contributed by atoms with Gasteiger partial charge < -0.3 is 4.74 Å². The molecule has 1 aromatic carbocycles. The number of aryl methyl sites for hydroxylation is 1.